The maximum Gasteiger partial charge on any atom is 0.253 e. The van der Waals surface area contributed by atoms with Crippen LogP contribution in [0.25, 0.3) is 0 Å². The predicted octanol–water partition coefficient (Wildman–Crippen LogP) is 2.48. The van der Waals surface area contributed by atoms with E-state index in [0.29, 0.717) is 31.0 Å². The number of benzene rings is 1. The third kappa shape index (κ3) is 3.88. The van der Waals surface area contributed by atoms with Crippen molar-refractivity contribution in [1.82, 2.24) is 14.7 Å². The monoisotopic (exact) mass is 369 g/mol. The van der Waals surface area contributed by atoms with Crippen molar-refractivity contribution in [3.8, 4) is 0 Å². The molecule has 3 aliphatic heterocycles. The van der Waals surface area contributed by atoms with E-state index in [0.717, 1.165) is 50.9 Å². The molecule has 0 spiro atoms. The molecule has 1 aromatic rings. The van der Waals surface area contributed by atoms with Gasteiger partial charge in [0.1, 0.15) is 0 Å². The molecule has 2 unspecified atom stereocenters. The minimum Gasteiger partial charge on any atom is -0.339 e. The van der Waals surface area contributed by atoms with Gasteiger partial charge in [-0.15, -0.1) is 0 Å². The van der Waals surface area contributed by atoms with Crippen LogP contribution in [0.2, 0.25) is 0 Å². The molecule has 0 N–H and O–H groups in total. The Morgan fingerprint density at radius 3 is 2.41 bits per heavy atom. The summed E-state index contributed by atoms with van der Waals surface area (Å²) in [6.07, 6.45) is 5.09. The fourth-order valence-electron chi connectivity index (χ4n) is 5.19. The molecule has 2 amide bonds. The molecule has 5 heteroatoms. The number of amides is 2. The molecule has 0 bridgehead atoms. The molecule has 3 fully saturated rings. The van der Waals surface area contributed by atoms with Crippen LogP contribution in [0, 0.1) is 11.8 Å². The van der Waals surface area contributed by atoms with Gasteiger partial charge in [-0.05, 0) is 63.7 Å². The van der Waals surface area contributed by atoms with Crippen LogP contribution in [0.1, 0.15) is 42.5 Å². The zero-order valence-electron chi connectivity index (χ0n) is 16.3. The van der Waals surface area contributed by atoms with Crippen molar-refractivity contribution in [2.45, 2.75) is 38.1 Å². The van der Waals surface area contributed by atoms with E-state index in [4.69, 9.17) is 0 Å². The highest BCUT2D eigenvalue weighted by Crippen LogP contribution is 2.32. The van der Waals surface area contributed by atoms with E-state index >= 15 is 0 Å². The smallest absolute Gasteiger partial charge is 0.253 e. The SMILES string of the molecule is CN1CCC2C(CCCN2C(=O)C2CCN(C(=O)c3ccccc3)CC2)C1. The summed E-state index contributed by atoms with van der Waals surface area (Å²) in [5, 5.41) is 0. The third-order valence-electron chi connectivity index (χ3n) is 6.71. The highest BCUT2D eigenvalue weighted by atomic mass is 16.2. The number of piperidine rings is 3. The zero-order chi connectivity index (χ0) is 18.8. The van der Waals surface area contributed by atoms with E-state index in [-0.39, 0.29) is 11.8 Å². The summed E-state index contributed by atoms with van der Waals surface area (Å²) in [5.74, 6) is 1.17. The first-order valence-electron chi connectivity index (χ1n) is 10.5. The molecular formula is C22H31N3O2. The van der Waals surface area contributed by atoms with Crippen molar-refractivity contribution in [1.29, 1.82) is 0 Å². The standard InChI is InChI=1S/C22H31N3O2/c1-23-13-11-20-19(16-23)8-5-12-25(20)22(27)18-9-14-24(15-10-18)21(26)17-6-3-2-4-7-17/h2-4,6-7,18-20H,5,8-16H2,1H3. The van der Waals surface area contributed by atoms with Crippen LogP contribution in [0.4, 0.5) is 0 Å². The largest absolute Gasteiger partial charge is 0.339 e. The number of carbonyl (C=O) groups excluding carboxylic acids is 2. The van der Waals surface area contributed by atoms with Crippen LogP contribution >= 0.6 is 0 Å². The van der Waals surface area contributed by atoms with E-state index in [1.165, 1.54) is 6.42 Å². The van der Waals surface area contributed by atoms with Crippen LogP contribution in [-0.2, 0) is 4.79 Å². The first-order chi connectivity index (χ1) is 13.1. The molecule has 3 saturated heterocycles. The van der Waals surface area contributed by atoms with Gasteiger partial charge in [-0.2, -0.15) is 0 Å². The van der Waals surface area contributed by atoms with Gasteiger partial charge in [0.05, 0.1) is 0 Å². The summed E-state index contributed by atoms with van der Waals surface area (Å²) in [5.41, 5.74) is 0.743. The Hall–Kier alpha value is -1.88. The van der Waals surface area contributed by atoms with Gasteiger partial charge in [0.15, 0.2) is 0 Å². The fraction of sp³-hybridized carbons (Fsp3) is 0.636. The maximum atomic E-state index is 13.2. The average molecular weight is 370 g/mol. The number of rotatable bonds is 2. The van der Waals surface area contributed by atoms with Gasteiger partial charge in [0, 0.05) is 43.7 Å². The lowest BCUT2D eigenvalue weighted by Crippen LogP contribution is -2.57. The number of nitrogens with zero attached hydrogens (tertiary/aromatic N) is 3. The molecule has 4 rings (SSSR count). The lowest BCUT2D eigenvalue weighted by molar-refractivity contribution is -0.144. The molecule has 0 aliphatic carbocycles. The molecule has 0 aromatic heterocycles. The summed E-state index contributed by atoms with van der Waals surface area (Å²) in [6.45, 7) is 4.52. The Kier molecular flexibility index (Phi) is 5.48. The summed E-state index contributed by atoms with van der Waals surface area (Å²) < 4.78 is 0. The second kappa shape index (κ2) is 8.01. The minimum atomic E-state index is 0.0863. The molecule has 3 aliphatic rings. The summed E-state index contributed by atoms with van der Waals surface area (Å²) in [4.78, 5) is 32.4. The summed E-state index contributed by atoms with van der Waals surface area (Å²) >= 11 is 0. The van der Waals surface area contributed by atoms with E-state index in [1.54, 1.807) is 0 Å². The predicted molar refractivity (Wildman–Crippen MR) is 105 cm³/mol. The summed E-state index contributed by atoms with van der Waals surface area (Å²) in [6, 6.07) is 9.90. The van der Waals surface area contributed by atoms with Crippen LogP contribution in [0.3, 0.4) is 0 Å². The van der Waals surface area contributed by atoms with Crippen LogP contribution in [0.5, 0.6) is 0 Å². The molecule has 3 heterocycles. The maximum absolute atomic E-state index is 13.2. The minimum absolute atomic E-state index is 0.0863. The van der Waals surface area contributed by atoms with Gasteiger partial charge in [-0.3, -0.25) is 9.59 Å². The van der Waals surface area contributed by atoms with Crippen LogP contribution < -0.4 is 0 Å². The van der Waals surface area contributed by atoms with Crippen LogP contribution in [0.15, 0.2) is 30.3 Å². The highest BCUT2D eigenvalue weighted by Gasteiger charge is 2.40. The lowest BCUT2D eigenvalue weighted by Gasteiger charge is -2.48. The Morgan fingerprint density at radius 1 is 0.926 bits per heavy atom. The number of fused-ring (bicyclic) bond motifs is 1. The molecule has 0 saturated carbocycles. The number of hydrogen-bond donors (Lipinski definition) is 0. The second-order valence-electron chi connectivity index (χ2n) is 8.48. The normalized spacial score (nSPS) is 27.3. The molecule has 1 aromatic carbocycles. The van der Waals surface area contributed by atoms with Crippen molar-refractivity contribution in [2.75, 3.05) is 39.8 Å². The summed E-state index contributed by atoms with van der Waals surface area (Å²) in [7, 11) is 2.19. The molecule has 2 atom stereocenters. The number of likely N-dealkylation sites (tertiary alicyclic amines) is 3. The van der Waals surface area contributed by atoms with E-state index in [1.807, 2.05) is 35.2 Å². The van der Waals surface area contributed by atoms with Crippen molar-refractivity contribution in [3.63, 3.8) is 0 Å². The first-order valence-corrected chi connectivity index (χ1v) is 10.5. The van der Waals surface area contributed by atoms with Crippen molar-refractivity contribution < 1.29 is 9.59 Å². The van der Waals surface area contributed by atoms with E-state index in [2.05, 4.69) is 16.8 Å². The second-order valence-corrected chi connectivity index (χ2v) is 8.48. The number of carbonyl (C=O) groups is 2. The molecule has 27 heavy (non-hydrogen) atoms. The Morgan fingerprint density at radius 2 is 1.67 bits per heavy atom. The van der Waals surface area contributed by atoms with Gasteiger partial charge in [0.2, 0.25) is 5.91 Å². The van der Waals surface area contributed by atoms with E-state index in [9.17, 15) is 9.59 Å². The lowest BCUT2D eigenvalue weighted by atomic mass is 9.82. The van der Waals surface area contributed by atoms with Gasteiger partial charge in [0.25, 0.3) is 5.91 Å². The van der Waals surface area contributed by atoms with Crippen LogP contribution in [-0.4, -0.2) is 72.3 Å². The molecule has 5 nitrogen and oxygen atoms in total. The Balaban J connectivity index is 1.35. The third-order valence-corrected chi connectivity index (χ3v) is 6.71. The average Bonchev–Trinajstić information content (AvgIpc) is 2.73. The Labute approximate surface area is 162 Å². The van der Waals surface area contributed by atoms with Crippen molar-refractivity contribution in [3.05, 3.63) is 35.9 Å². The topological polar surface area (TPSA) is 43.9 Å². The zero-order valence-corrected chi connectivity index (χ0v) is 16.3. The van der Waals surface area contributed by atoms with Crippen molar-refractivity contribution >= 4 is 11.8 Å². The van der Waals surface area contributed by atoms with Gasteiger partial charge < -0.3 is 14.7 Å². The molecule has 0 radical (unpaired) electrons. The van der Waals surface area contributed by atoms with E-state index < -0.39 is 0 Å². The highest BCUT2D eigenvalue weighted by molar-refractivity contribution is 5.94. The van der Waals surface area contributed by atoms with Gasteiger partial charge in [-0.25, -0.2) is 0 Å². The first kappa shape index (κ1) is 18.5. The quantitative estimate of drug-likeness (QED) is 0.804. The van der Waals surface area contributed by atoms with Crippen molar-refractivity contribution in [2.24, 2.45) is 11.8 Å². The molecular weight excluding hydrogens is 338 g/mol. The fourth-order valence-corrected chi connectivity index (χ4v) is 5.19. The van der Waals surface area contributed by atoms with Gasteiger partial charge in [-0.1, -0.05) is 18.2 Å². The number of hydrogen-bond acceptors (Lipinski definition) is 3. The molecule has 146 valence electrons. The van der Waals surface area contributed by atoms with Gasteiger partial charge >= 0.3 is 0 Å². The Bertz CT molecular complexity index is 669.